The smallest absolute Gasteiger partial charge is 0.123 e. The second-order valence-electron chi connectivity index (χ2n) is 3.56. The molecule has 1 aromatic carbocycles. The maximum Gasteiger partial charge on any atom is 0.123 e. The van der Waals surface area contributed by atoms with E-state index in [0.717, 1.165) is 12.0 Å². The topological polar surface area (TPSA) is 40.5 Å². The van der Waals surface area contributed by atoms with Crippen molar-refractivity contribution in [3.05, 3.63) is 23.3 Å². The van der Waals surface area contributed by atoms with Crippen molar-refractivity contribution < 1.29 is 10.2 Å². The first-order chi connectivity index (χ1) is 6.06. The monoisotopic (exact) mass is 180 g/mol. The van der Waals surface area contributed by atoms with Crippen LogP contribution in [-0.4, -0.2) is 10.2 Å². The maximum absolute atomic E-state index is 9.61. The molecular weight excluding hydrogens is 164 g/mol. The van der Waals surface area contributed by atoms with Crippen LogP contribution in [0.25, 0.3) is 0 Å². The molecule has 0 fully saturated rings. The fourth-order valence-electron chi connectivity index (χ4n) is 1.48. The summed E-state index contributed by atoms with van der Waals surface area (Å²) in [5, 5.41) is 19.2. The average molecular weight is 180 g/mol. The Kier molecular flexibility index (Phi) is 2.81. The molecule has 0 heterocycles. The molecule has 0 aromatic heterocycles. The number of benzene rings is 1. The molecule has 0 radical (unpaired) electrons. The zero-order chi connectivity index (χ0) is 10.0. The van der Waals surface area contributed by atoms with Crippen molar-refractivity contribution in [3.8, 4) is 11.5 Å². The van der Waals surface area contributed by atoms with Crippen LogP contribution < -0.4 is 0 Å². The van der Waals surface area contributed by atoms with E-state index in [1.54, 1.807) is 12.1 Å². The molecule has 0 bridgehead atoms. The number of phenolic OH excluding ortho intramolecular Hbond substituents is 2. The predicted octanol–water partition coefficient (Wildman–Crippen LogP) is 2.78. The largest absolute Gasteiger partial charge is 0.508 e. The quantitative estimate of drug-likeness (QED) is 0.734. The van der Waals surface area contributed by atoms with Crippen molar-refractivity contribution in [2.24, 2.45) is 0 Å². The fourth-order valence-corrected chi connectivity index (χ4v) is 1.48. The van der Waals surface area contributed by atoms with Gasteiger partial charge in [0.15, 0.2) is 0 Å². The van der Waals surface area contributed by atoms with Gasteiger partial charge in [0, 0.05) is 5.56 Å². The van der Waals surface area contributed by atoms with Gasteiger partial charge in [-0.25, -0.2) is 0 Å². The lowest BCUT2D eigenvalue weighted by Crippen LogP contribution is -1.91. The minimum atomic E-state index is 0.144. The molecule has 0 amide bonds. The molecule has 2 nitrogen and oxygen atoms in total. The van der Waals surface area contributed by atoms with Crippen LogP contribution in [-0.2, 0) is 6.42 Å². The molecule has 13 heavy (non-hydrogen) atoms. The van der Waals surface area contributed by atoms with Crippen LogP contribution >= 0.6 is 0 Å². The van der Waals surface area contributed by atoms with Crippen LogP contribution in [0.1, 0.15) is 37.8 Å². The molecule has 0 saturated carbocycles. The van der Waals surface area contributed by atoms with Crippen molar-refractivity contribution >= 4 is 0 Å². The molecule has 0 spiro atoms. The highest BCUT2D eigenvalue weighted by molar-refractivity contribution is 5.48. The van der Waals surface area contributed by atoms with Gasteiger partial charge in [-0.05, 0) is 30.0 Å². The highest BCUT2D eigenvalue weighted by atomic mass is 16.3. The molecule has 0 aliphatic rings. The van der Waals surface area contributed by atoms with E-state index in [0.29, 0.717) is 5.56 Å². The maximum atomic E-state index is 9.61. The Bertz CT molecular complexity index is 280. The lowest BCUT2D eigenvalue weighted by atomic mass is 9.98. The highest BCUT2D eigenvalue weighted by Crippen LogP contribution is 2.34. The Balaban J connectivity index is 3.23. The molecule has 0 aliphatic carbocycles. The van der Waals surface area contributed by atoms with E-state index in [1.165, 1.54) is 0 Å². The molecule has 2 heteroatoms. The van der Waals surface area contributed by atoms with Gasteiger partial charge in [-0.1, -0.05) is 20.8 Å². The van der Waals surface area contributed by atoms with E-state index in [9.17, 15) is 10.2 Å². The van der Waals surface area contributed by atoms with Gasteiger partial charge < -0.3 is 10.2 Å². The van der Waals surface area contributed by atoms with Gasteiger partial charge in [-0.2, -0.15) is 0 Å². The summed E-state index contributed by atoms with van der Waals surface area (Å²) < 4.78 is 0. The third-order valence-electron chi connectivity index (χ3n) is 2.18. The molecule has 0 atom stereocenters. The molecule has 0 saturated heterocycles. The SMILES string of the molecule is CCc1cc(O)c(C(C)C)c(O)c1. The van der Waals surface area contributed by atoms with E-state index in [2.05, 4.69) is 0 Å². The zero-order valence-electron chi connectivity index (χ0n) is 8.33. The first-order valence-corrected chi connectivity index (χ1v) is 4.61. The zero-order valence-corrected chi connectivity index (χ0v) is 8.33. The van der Waals surface area contributed by atoms with E-state index in [-0.39, 0.29) is 17.4 Å². The van der Waals surface area contributed by atoms with Crippen molar-refractivity contribution in [2.75, 3.05) is 0 Å². The standard InChI is InChI=1S/C11H16O2/c1-4-8-5-9(12)11(7(2)3)10(13)6-8/h5-7,12-13H,4H2,1-3H3. The molecule has 0 aliphatic heterocycles. The Hall–Kier alpha value is -1.18. The molecular formula is C11H16O2. The van der Waals surface area contributed by atoms with Gasteiger partial charge in [0.2, 0.25) is 0 Å². The molecule has 2 N–H and O–H groups in total. The molecule has 72 valence electrons. The summed E-state index contributed by atoms with van der Waals surface area (Å²) in [5.74, 6) is 0.546. The summed E-state index contributed by atoms with van der Waals surface area (Å²) in [7, 11) is 0. The van der Waals surface area contributed by atoms with Gasteiger partial charge in [-0.3, -0.25) is 0 Å². The first kappa shape index (κ1) is 9.90. The average Bonchev–Trinajstić information content (AvgIpc) is 2.02. The number of aromatic hydroxyl groups is 2. The van der Waals surface area contributed by atoms with E-state index < -0.39 is 0 Å². The van der Waals surface area contributed by atoms with Crippen LogP contribution in [0.3, 0.4) is 0 Å². The molecule has 1 aromatic rings. The molecule has 1 rings (SSSR count). The summed E-state index contributed by atoms with van der Waals surface area (Å²) in [6, 6.07) is 3.43. The van der Waals surface area contributed by atoms with Gasteiger partial charge in [0.05, 0.1) is 0 Å². The van der Waals surface area contributed by atoms with Gasteiger partial charge in [0.25, 0.3) is 0 Å². The number of rotatable bonds is 2. The van der Waals surface area contributed by atoms with Crippen LogP contribution in [0.5, 0.6) is 11.5 Å². The normalized spacial score (nSPS) is 10.8. The van der Waals surface area contributed by atoms with Crippen molar-refractivity contribution in [1.82, 2.24) is 0 Å². The highest BCUT2D eigenvalue weighted by Gasteiger charge is 2.12. The predicted molar refractivity (Wildman–Crippen MR) is 53.2 cm³/mol. The van der Waals surface area contributed by atoms with Crippen molar-refractivity contribution in [2.45, 2.75) is 33.1 Å². The minimum absolute atomic E-state index is 0.144. The first-order valence-electron chi connectivity index (χ1n) is 4.61. The van der Waals surface area contributed by atoms with Gasteiger partial charge >= 0.3 is 0 Å². The van der Waals surface area contributed by atoms with Crippen LogP contribution in [0.4, 0.5) is 0 Å². The van der Waals surface area contributed by atoms with E-state index >= 15 is 0 Å². The van der Waals surface area contributed by atoms with Crippen molar-refractivity contribution in [3.63, 3.8) is 0 Å². The second kappa shape index (κ2) is 3.69. The third kappa shape index (κ3) is 1.94. The Morgan fingerprint density at radius 3 is 1.92 bits per heavy atom. The lowest BCUT2D eigenvalue weighted by Gasteiger charge is -2.11. The van der Waals surface area contributed by atoms with E-state index in [4.69, 9.17) is 0 Å². The number of phenols is 2. The van der Waals surface area contributed by atoms with Crippen LogP contribution in [0.2, 0.25) is 0 Å². The summed E-state index contributed by atoms with van der Waals surface area (Å²) >= 11 is 0. The number of hydrogen-bond donors (Lipinski definition) is 2. The van der Waals surface area contributed by atoms with Crippen molar-refractivity contribution in [1.29, 1.82) is 0 Å². The summed E-state index contributed by atoms with van der Waals surface area (Å²) in [6.45, 7) is 5.88. The summed E-state index contributed by atoms with van der Waals surface area (Å²) in [5.41, 5.74) is 1.59. The lowest BCUT2D eigenvalue weighted by molar-refractivity contribution is 0.432. The number of hydrogen-bond acceptors (Lipinski definition) is 2. The Morgan fingerprint density at radius 2 is 1.62 bits per heavy atom. The molecule has 0 unspecified atom stereocenters. The Labute approximate surface area is 78.8 Å². The van der Waals surface area contributed by atoms with Gasteiger partial charge in [-0.15, -0.1) is 0 Å². The minimum Gasteiger partial charge on any atom is -0.508 e. The fraction of sp³-hybridized carbons (Fsp3) is 0.455. The number of aryl methyl sites for hydroxylation is 1. The van der Waals surface area contributed by atoms with Crippen LogP contribution in [0.15, 0.2) is 12.1 Å². The van der Waals surface area contributed by atoms with Crippen LogP contribution in [0, 0.1) is 0 Å². The van der Waals surface area contributed by atoms with E-state index in [1.807, 2.05) is 20.8 Å². The summed E-state index contributed by atoms with van der Waals surface area (Å²) in [4.78, 5) is 0. The Morgan fingerprint density at radius 1 is 1.15 bits per heavy atom. The van der Waals surface area contributed by atoms with Gasteiger partial charge in [0.1, 0.15) is 11.5 Å². The third-order valence-corrected chi connectivity index (χ3v) is 2.18. The second-order valence-corrected chi connectivity index (χ2v) is 3.56. The summed E-state index contributed by atoms with van der Waals surface area (Å²) in [6.07, 6.45) is 0.819.